The van der Waals surface area contributed by atoms with E-state index in [1.54, 1.807) is 44.4 Å². The Morgan fingerprint density at radius 1 is 1.20 bits per heavy atom. The molecule has 30 heavy (non-hydrogen) atoms. The minimum absolute atomic E-state index is 0.102. The monoisotopic (exact) mass is 429 g/mol. The molecule has 0 fully saturated rings. The molecule has 1 aromatic rings. The first-order valence-corrected chi connectivity index (χ1v) is 10.4. The number of rotatable bonds is 7. The van der Waals surface area contributed by atoms with E-state index in [2.05, 4.69) is 0 Å². The zero-order valence-corrected chi connectivity index (χ0v) is 18.1. The molecule has 0 bridgehead atoms. The lowest BCUT2D eigenvalue weighted by atomic mass is 10.00. The van der Waals surface area contributed by atoms with Gasteiger partial charge in [0.05, 0.1) is 26.0 Å². The van der Waals surface area contributed by atoms with E-state index in [1.807, 2.05) is 6.07 Å². The lowest BCUT2D eigenvalue weighted by Gasteiger charge is -2.34. The second-order valence-electron chi connectivity index (χ2n) is 5.94. The Labute approximate surface area is 179 Å². The molecule has 2 rings (SSSR count). The largest absolute Gasteiger partial charge is 0.497 e. The van der Waals surface area contributed by atoms with Crippen LogP contribution in [-0.2, 0) is 19.1 Å². The Bertz CT molecular complexity index is 944. The maximum absolute atomic E-state index is 12.6. The summed E-state index contributed by atoms with van der Waals surface area (Å²) in [5.41, 5.74) is 0.648. The van der Waals surface area contributed by atoms with E-state index >= 15 is 0 Å². The van der Waals surface area contributed by atoms with Crippen molar-refractivity contribution in [3.63, 3.8) is 0 Å². The predicted molar refractivity (Wildman–Crippen MR) is 114 cm³/mol. The van der Waals surface area contributed by atoms with E-state index in [-0.39, 0.29) is 42.3 Å². The van der Waals surface area contributed by atoms with Crippen LogP contribution in [0.2, 0.25) is 0 Å². The number of anilines is 1. The molecule has 0 radical (unpaired) electrons. The van der Waals surface area contributed by atoms with Crippen molar-refractivity contribution in [3.05, 3.63) is 46.0 Å². The van der Waals surface area contributed by atoms with E-state index in [0.717, 1.165) is 0 Å². The van der Waals surface area contributed by atoms with Gasteiger partial charge in [-0.3, -0.25) is 10.3 Å². The van der Waals surface area contributed by atoms with Crippen LogP contribution in [0, 0.1) is 16.7 Å². The number of benzene rings is 1. The van der Waals surface area contributed by atoms with Crippen LogP contribution in [0.15, 0.2) is 46.0 Å². The van der Waals surface area contributed by atoms with Crippen LogP contribution in [0.1, 0.15) is 20.3 Å². The highest BCUT2D eigenvalue weighted by Gasteiger charge is 2.36. The standard InChI is InChI=1S/C21H23N3O5S/c1-5-28-20(25)15(12-22)16-11-17(30-4)18(21(26)29-6-2)19(23)24(16)13-7-9-14(27-3)10-8-13/h7-10,23H,5-6,11H2,1-4H3. The number of thioether (sulfide) groups is 1. The van der Waals surface area contributed by atoms with Crippen molar-refractivity contribution in [3.8, 4) is 11.8 Å². The first kappa shape index (κ1) is 23.0. The Morgan fingerprint density at radius 2 is 1.83 bits per heavy atom. The molecule has 1 aromatic carbocycles. The molecule has 1 N–H and O–H groups in total. The average molecular weight is 429 g/mol. The number of nitriles is 1. The van der Waals surface area contributed by atoms with Gasteiger partial charge in [0, 0.05) is 17.0 Å². The summed E-state index contributed by atoms with van der Waals surface area (Å²) in [5.74, 6) is -0.980. The number of nitrogens with one attached hydrogen (secondary N) is 1. The number of methoxy groups -OCH3 is 1. The summed E-state index contributed by atoms with van der Waals surface area (Å²) < 4.78 is 15.4. The zero-order valence-electron chi connectivity index (χ0n) is 17.3. The van der Waals surface area contributed by atoms with Crippen LogP contribution < -0.4 is 9.64 Å². The van der Waals surface area contributed by atoms with Crippen molar-refractivity contribution < 1.29 is 23.8 Å². The van der Waals surface area contributed by atoms with E-state index in [1.165, 1.54) is 23.8 Å². The molecular formula is C21H23N3O5S. The Hall–Kier alpha value is -3.25. The summed E-state index contributed by atoms with van der Waals surface area (Å²) in [6.45, 7) is 3.60. The van der Waals surface area contributed by atoms with Crippen molar-refractivity contribution in [1.82, 2.24) is 0 Å². The van der Waals surface area contributed by atoms with Gasteiger partial charge in [0.25, 0.3) is 0 Å². The summed E-state index contributed by atoms with van der Waals surface area (Å²) in [4.78, 5) is 27.0. The summed E-state index contributed by atoms with van der Waals surface area (Å²) >= 11 is 1.27. The van der Waals surface area contributed by atoms with Crippen LogP contribution >= 0.6 is 11.8 Å². The lowest BCUT2D eigenvalue weighted by molar-refractivity contribution is -0.138. The molecule has 1 heterocycles. The number of hydrogen-bond donors (Lipinski definition) is 1. The number of allylic oxidation sites excluding steroid dienone is 1. The SMILES string of the molecule is CCOC(=O)C(C#N)=C1CC(SC)=C(C(=O)OCC)C(=N)N1c1ccc(OC)cc1. The van der Waals surface area contributed by atoms with Gasteiger partial charge in [-0.1, -0.05) is 0 Å². The van der Waals surface area contributed by atoms with Gasteiger partial charge in [-0.15, -0.1) is 11.8 Å². The number of amidine groups is 1. The number of esters is 2. The van der Waals surface area contributed by atoms with Crippen LogP contribution in [0.3, 0.4) is 0 Å². The molecule has 0 aliphatic carbocycles. The fourth-order valence-corrected chi connectivity index (χ4v) is 3.60. The topological polar surface area (TPSA) is 113 Å². The fourth-order valence-electron chi connectivity index (χ4n) is 2.93. The third kappa shape index (κ3) is 4.66. The molecule has 0 spiro atoms. The maximum atomic E-state index is 12.6. The van der Waals surface area contributed by atoms with Crippen LogP contribution in [0.25, 0.3) is 0 Å². The molecule has 9 heteroatoms. The van der Waals surface area contributed by atoms with Gasteiger partial charge in [0.1, 0.15) is 23.2 Å². The number of ether oxygens (including phenoxy) is 3. The van der Waals surface area contributed by atoms with E-state index in [0.29, 0.717) is 16.3 Å². The molecule has 1 aliphatic heterocycles. The fraction of sp³-hybridized carbons (Fsp3) is 0.333. The van der Waals surface area contributed by atoms with Gasteiger partial charge in [-0.25, -0.2) is 9.59 Å². The highest BCUT2D eigenvalue weighted by atomic mass is 32.2. The number of carbonyl (C=O) groups is 2. The molecule has 1 aliphatic rings. The van der Waals surface area contributed by atoms with Gasteiger partial charge in [-0.2, -0.15) is 5.26 Å². The van der Waals surface area contributed by atoms with E-state index < -0.39 is 11.9 Å². The first-order valence-electron chi connectivity index (χ1n) is 9.21. The highest BCUT2D eigenvalue weighted by Crippen LogP contribution is 2.38. The van der Waals surface area contributed by atoms with Crippen LogP contribution in [0.5, 0.6) is 5.75 Å². The maximum Gasteiger partial charge on any atom is 0.350 e. The van der Waals surface area contributed by atoms with Gasteiger partial charge in [0.2, 0.25) is 0 Å². The Morgan fingerprint density at radius 3 is 2.33 bits per heavy atom. The predicted octanol–water partition coefficient (Wildman–Crippen LogP) is 3.40. The molecule has 0 saturated carbocycles. The smallest absolute Gasteiger partial charge is 0.350 e. The molecule has 0 saturated heterocycles. The van der Waals surface area contributed by atoms with Crippen molar-refractivity contribution in [2.45, 2.75) is 20.3 Å². The summed E-state index contributed by atoms with van der Waals surface area (Å²) in [6.07, 6.45) is 1.87. The third-order valence-corrected chi connectivity index (χ3v) is 5.11. The van der Waals surface area contributed by atoms with E-state index in [4.69, 9.17) is 19.6 Å². The first-order chi connectivity index (χ1) is 14.4. The molecule has 158 valence electrons. The number of carbonyl (C=O) groups excluding carboxylic acids is 2. The van der Waals surface area contributed by atoms with Crippen molar-refractivity contribution >= 4 is 35.2 Å². The Balaban J connectivity index is 2.74. The average Bonchev–Trinajstić information content (AvgIpc) is 2.74. The van der Waals surface area contributed by atoms with Gasteiger partial charge in [0.15, 0.2) is 5.57 Å². The summed E-state index contributed by atoms with van der Waals surface area (Å²) in [6, 6.07) is 8.65. The van der Waals surface area contributed by atoms with Crippen molar-refractivity contribution in [2.24, 2.45) is 0 Å². The number of nitrogens with zero attached hydrogens (tertiary/aromatic N) is 2. The Kier molecular flexibility index (Phi) is 8.07. The minimum Gasteiger partial charge on any atom is -0.497 e. The molecule has 8 nitrogen and oxygen atoms in total. The summed E-state index contributed by atoms with van der Waals surface area (Å²) in [5, 5.41) is 18.4. The normalized spacial score (nSPS) is 15.4. The second kappa shape index (κ2) is 10.5. The highest BCUT2D eigenvalue weighted by molar-refractivity contribution is 8.02. The minimum atomic E-state index is -0.777. The molecule has 0 atom stereocenters. The molecule has 0 unspecified atom stereocenters. The van der Waals surface area contributed by atoms with Crippen LogP contribution in [-0.4, -0.2) is 44.4 Å². The van der Waals surface area contributed by atoms with Crippen LogP contribution in [0.4, 0.5) is 5.69 Å². The van der Waals surface area contributed by atoms with Crippen molar-refractivity contribution in [2.75, 3.05) is 31.5 Å². The molecule has 0 aromatic heterocycles. The van der Waals surface area contributed by atoms with Gasteiger partial charge in [-0.05, 0) is 44.4 Å². The lowest BCUT2D eigenvalue weighted by Crippen LogP contribution is -2.39. The van der Waals surface area contributed by atoms with Gasteiger partial charge < -0.3 is 14.2 Å². The summed E-state index contributed by atoms with van der Waals surface area (Å²) in [7, 11) is 1.53. The number of hydrogen-bond acceptors (Lipinski definition) is 8. The van der Waals surface area contributed by atoms with Gasteiger partial charge >= 0.3 is 11.9 Å². The van der Waals surface area contributed by atoms with E-state index in [9.17, 15) is 14.9 Å². The third-order valence-electron chi connectivity index (χ3n) is 4.27. The quantitative estimate of drug-likeness (QED) is 0.399. The molecular weight excluding hydrogens is 406 g/mol. The zero-order chi connectivity index (χ0) is 22.3. The molecule has 0 amide bonds. The van der Waals surface area contributed by atoms with Crippen molar-refractivity contribution in [1.29, 1.82) is 10.7 Å². The second-order valence-corrected chi connectivity index (χ2v) is 6.84.